The van der Waals surface area contributed by atoms with Gasteiger partial charge < -0.3 is 16.2 Å². The summed E-state index contributed by atoms with van der Waals surface area (Å²) in [6.45, 7) is 1.76. The van der Waals surface area contributed by atoms with Crippen LogP contribution in [0, 0.1) is 6.92 Å². The minimum Gasteiger partial charge on any atom is -0.457 e. The van der Waals surface area contributed by atoms with Gasteiger partial charge in [0, 0.05) is 5.02 Å². The van der Waals surface area contributed by atoms with E-state index in [9.17, 15) is 4.79 Å². The van der Waals surface area contributed by atoms with Crippen LogP contribution in [0.4, 0.5) is 11.9 Å². The third-order valence-electron chi connectivity index (χ3n) is 3.35. The van der Waals surface area contributed by atoms with Gasteiger partial charge >= 0.3 is 5.97 Å². The van der Waals surface area contributed by atoms with Crippen LogP contribution < -0.4 is 11.5 Å². The number of hydrogen-bond acceptors (Lipinski definition) is 10. The van der Waals surface area contributed by atoms with Crippen LogP contribution >= 0.6 is 23.4 Å². The first kappa shape index (κ1) is 18.9. The number of esters is 1. The SMILES string of the molecule is Cc1ccc(-n2cnnc2SCC(=O)OCc2nc(N)nc(N)n2)cc1Cl. The Balaban J connectivity index is 1.59. The molecular weight excluding hydrogens is 392 g/mol. The number of anilines is 2. The molecule has 0 aliphatic carbocycles. The molecule has 0 unspecified atom stereocenters. The number of hydrogen-bond donors (Lipinski definition) is 2. The van der Waals surface area contributed by atoms with Crippen molar-refractivity contribution >= 4 is 41.2 Å². The van der Waals surface area contributed by atoms with Gasteiger partial charge in [-0.3, -0.25) is 9.36 Å². The Hall–Kier alpha value is -2.92. The molecule has 3 rings (SSSR count). The average molecular weight is 407 g/mol. The fourth-order valence-electron chi connectivity index (χ4n) is 2.06. The first-order valence-corrected chi connectivity index (χ1v) is 8.99. The van der Waals surface area contributed by atoms with Crippen molar-refractivity contribution in [3.63, 3.8) is 0 Å². The second kappa shape index (κ2) is 8.18. The van der Waals surface area contributed by atoms with Gasteiger partial charge in [-0.15, -0.1) is 10.2 Å². The van der Waals surface area contributed by atoms with Crippen LogP contribution in [-0.2, 0) is 16.1 Å². The first-order valence-electron chi connectivity index (χ1n) is 7.63. The normalized spacial score (nSPS) is 10.7. The highest BCUT2D eigenvalue weighted by Crippen LogP contribution is 2.23. The van der Waals surface area contributed by atoms with Crippen molar-refractivity contribution in [3.05, 3.63) is 40.9 Å². The summed E-state index contributed by atoms with van der Waals surface area (Å²) in [6, 6.07) is 5.59. The first-order chi connectivity index (χ1) is 12.9. The minimum atomic E-state index is -0.478. The Labute approximate surface area is 163 Å². The second-order valence-electron chi connectivity index (χ2n) is 5.33. The van der Waals surface area contributed by atoms with Crippen LogP contribution in [0.25, 0.3) is 5.69 Å². The molecular formula is C15H15ClN8O2S. The van der Waals surface area contributed by atoms with Gasteiger partial charge in [-0.1, -0.05) is 29.4 Å². The lowest BCUT2D eigenvalue weighted by Crippen LogP contribution is -2.12. The van der Waals surface area contributed by atoms with Crippen molar-refractivity contribution in [3.8, 4) is 5.69 Å². The van der Waals surface area contributed by atoms with E-state index >= 15 is 0 Å². The van der Waals surface area contributed by atoms with Gasteiger partial charge in [-0.25, -0.2) is 0 Å². The number of nitrogens with two attached hydrogens (primary N) is 2. The smallest absolute Gasteiger partial charge is 0.316 e. The molecule has 0 bridgehead atoms. The molecule has 0 saturated heterocycles. The van der Waals surface area contributed by atoms with Crippen LogP contribution in [-0.4, -0.2) is 41.4 Å². The largest absolute Gasteiger partial charge is 0.457 e. The van der Waals surface area contributed by atoms with E-state index in [0.717, 1.165) is 11.3 Å². The molecule has 0 saturated carbocycles. The molecule has 0 aliphatic heterocycles. The Morgan fingerprint density at radius 2 is 2.00 bits per heavy atom. The van der Waals surface area contributed by atoms with Gasteiger partial charge in [0.1, 0.15) is 6.33 Å². The lowest BCUT2D eigenvalue weighted by molar-refractivity contribution is -0.141. The summed E-state index contributed by atoms with van der Waals surface area (Å²) in [7, 11) is 0. The summed E-state index contributed by atoms with van der Waals surface area (Å²) in [5.74, 6) is -0.348. The third-order valence-corrected chi connectivity index (χ3v) is 4.67. The number of halogens is 1. The molecule has 27 heavy (non-hydrogen) atoms. The fraction of sp³-hybridized carbons (Fsp3) is 0.200. The number of carbonyl (C=O) groups excluding carboxylic acids is 1. The summed E-state index contributed by atoms with van der Waals surface area (Å²) in [5.41, 5.74) is 12.7. The highest BCUT2D eigenvalue weighted by atomic mass is 35.5. The molecule has 2 heterocycles. The van der Waals surface area contributed by atoms with E-state index in [1.165, 1.54) is 11.8 Å². The fourth-order valence-corrected chi connectivity index (χ4v) is 2.96. The van der Waals surface area contributed by atoms with Crippen LogP contribution in [0.15, 0.2) is 29.7 Å². The summed E-state index contributed by atoms with van der Waals surface area (Å²) in [5, 5.41) is 9.06. The topological polar surface area (TPSA) is 148 Å². The monoisotopic (exact) mass is 406 g/mol. The Morgan fingerprint density at radius 1 is 1.26 bits per heavy atom. The minimum absolute atomic E-state index is 0.0222. The van der Waals surface area contributed by atoms with Gasteiger partial charge in [0.2, 0.25) is 11.9 Å². The Bertz CT molecular complexity index is 960. The van der Waals surface area contributed by atoms with Crippen LogP contribution in [0.2, 0.25) is 5.02 Å². The number of nitrogen functional groups attached to an aromatic ring is 2. The molecule has 2 aromatic heterocycles. The summed E-state index contributed by atoms with van der Waals surface area (Å²) in [6.07, 6.45) is 1.55. The number of aromatic nitrogens is 6. The lowest BCUT2D eigenvalue weighted by Gasteiger charge is -2.08. The Morgan fingerprint density at radius 3 is 2.70 bits per heavy atom. The van der Waals surface area contributed by atoms with E-state index in [0.29, 0.717) is 10.2 Å². The third kappa shape index (κ3) is 4.83. The van der Waals surface area contributed by atoms with E-state index in [1.807, 2.05) is 19.1 Å². The predicted octanol–water partition coefficient (Wildman–Crippen LogP) is 1.41. The zero-order valence-electron chi connectivity index (χ0n) is 14.2. The van der Waals surface area contributed by atoms with E-state index in [2.05, 4.69) is 25.1 Å². The van der Waals surface area contributed by atoms with Crippen LogP contribution in [0.5, 0.6) is 0 Å². The van der Waals surface area contributed by atoms with Crippen molar-refractivity contribution in [2.45, 2.75) is 18.7 Å². The van der Waals surface area contributed by atoms with Gasteiger partial charge in [-0.05, 0) is 24.6 Å². The maximum Gasteiger partial charge on any atom is 0.316 e. The zero-order valence-corrected chi connectivity index (χ0v) is 15.7. The molecule has 12 heteroatoms. The highest BCUT2D eigenvalue weighted by molar-refractivity contribution is 7.99. The number of nitrogens with zero attached hydrogens (tertiary/aromatic N) is 6. The zero-order chi connectivity index (χ0) is 19.4. The molecule has 0 amide bonds. The van der Waals surface area contributed by atoms with Crippen molar-refractivity contribution < 1.29 is 9.53 Å². The number of carbonyl (C=O) groups is 1. The quantitative estimate of drug-likeness (QED) is 0.454. The molecule has 0 atom stereocenters. The van der Waals surface area contributed by atoms with E-state index in [1.54, 1.807) is 17.0 Å². The molecule has 4 N–H and O–H groups in total. The maximum absolute atomic E-state index is 12.0. The van der Waals surface area contributed by atoms with Crippen LogP contribution in [0.1, 0.15) is 11.4 Å². The highest BCUT2D eigenvalue weighted by Gasteiger charge is 2.13. The summed E-state index contributed by atoms with van der Waals surface area (Å²) < 4.78 is 6.85. The summed E-state index contributed by atoms with van der Waals surface area (Å²) in [4.78, 5) is 23.3. The molecule has 3 aromatic rings. The van der Waals surface area contributed by atoms with Gasteiger partial charge in [0.25, 0.3) is 0 Å². The average Bonchev–Trinajstić information content (AvgIpc) is 3.08. The number of benzene rings is 1. The Kier molecular flexibility index (Phi) is 5.72. The maximum atomic E-state index is 12.0. The molecule has 140 valence electrons. The lowest BCUT2D eigenvalue weighted by atomic mass is 10.2. The van der Waals surface area contributed by atoms with Crippen molar-refractivity contribution in [1.29, 1.82) is 0 Å². The van der Waals surface area contributed by atoms with E-state index < -0.39 is 5.97 Å². The molecule has 0 spiro atoms. The summed E-state index contributed by atoms with van der Waals surface area (Å²) >= 11 is 7.34. The van der Waals surface area contributed by atoms with Crippen LogP contribution in [0.3, 0.4) is 0 Å². The molecule has 0 aliphatic rings. The number of ether oxygens (including phenoxy) is 1. The standard InChI is InChI=1S/C15H15ClN8O2S/c1-8-2-3-9(4-10(8)16)24-7-19-23-15(24)27-6-12(25)26-5-11-20-13(17)22-14(18)21-11/h2-4,7H,5-6H2,1H3,(H4,17,18,20,21,22). The predicted molar refractivity (Wildman–Crippen MR) is 100 cm³/mol. The molecule has 0 radical (unpaired) electrons. The molecule has 0 fully saturated rings. The number of rotatable bonds is 6. The number of aryl methyl sites for hydroxylation is 1. The van der Waals surface area contributed by atoms with Crippen molar-refractivity contribution in [1.82, 2.24) is 29.7 Å². The van der Waals surface area contributed by atoms with E-state index in [4.69, 9.17) is 27.8 Å². The molecule has 1 aromatic carbocycles. The van der Waals surface area contributed by atoms with Crippen molar-refractivity contribution in [2.24, 2.45) is 0 Å². The van der Waals surface area contributed by atoms with Gasteiger partial charge in [0.15, 0.2) is 17.6 Å². The van der Waals surface area contributed by atoms with Gasteiger partial charge in [0.05, 0.1) is 11.4 Å². The van der Waals surface area contributed by atoms with Gasteiger partial charge in [-0.2, -0.15) is 15.0 Å². The van der Waals surface area contributed by atoms with E-state index in [-0.39, 0.29) is 30.1 Å². The second-order valence-corrected chi connectivity index (χ2v) is 6.68. The van der Waals surface area contributed by atoms with Crippen molar-refractivity contribution in [2.75, 3.05) is 17.2 Å². The number of thioether (sulfide) groups is 1. The molecule has 10 nitrogen and oxygen atoms in total.